The zero-order chi connectivity index (χ0) is 12.4. The fourth-order valence-electron chi connectivity index (χ4n) is 1.72. The van der Waals surface area contributed by atoms with Crippen molar-refractivity contribution in [2.24, 2.45) is 0 Å². The van der Waals surface area contributed by atoms with Crippen LogP contribution in [-0.2, 0) is 0 Å². The van der Waals surface area contributed by atoms with Crippen molar-refractivity contribution < 1.29 is 4.79 Å². The second-order valence-electron chi connectivity index (χ2n) is 3.97. The van der Waals surface area contributed by atoms with Gasteiger partial charge in [-0.15, -0.1) is 0 Å². The summed E-state index contributed by atoms with van der Waals surface area (Å²) in [5.74, 6) is -0.178. The van der Waals surface area contributed by atoms with Crippen LogP contribution in [0.5, 0.6) is 0 Å². The SMILES string of the molecule is Nc1c(Cl)cc(C(=O)NC2CC=CC2)cc1Cl. The second-order valence-corrected chi connectivity index (χ2v) is 4.78. The van der Waals surface area contributed by atoms with Crippen molar-refractivity contribution in [2.45, 2.75) is 18.9 Å². The van der Waals surface area contributed by atoms with Gasteiger partial charge >= 0.3 is 0 Å². The molecule has 0 aliphatic heterocycles. The molecule has 1 aromatic rings. The van der Waals surface area contributed by atoms with Gasteiger partial charge in [-0.05, 0) is 25.0 Å². The highest BCUT2D eigenvalue weighted by Crippen LogP contribution is 2.28. The number of nitrogens with two attached hydrogens (primary N) is 1. The quantitative estimate of drug-likeness (QED) is 0.641. The molecule has 0 saturated carbocycles. The van der Waals surface area contributed by atoms with Crippen LogP contribution in [0.4, 0.5) is 5.69 Å². The van der Waals surface area contributed by atoms with Crippen molar-refractivity contribution >= 4 is 34.8 Å². The number of carbonyl (C=O) groups is 1. The number of nitrogens with one attached hydrogen (secondary N) is 1. The average molecular weight is 271 g/mol. The summed E-state index contributed by atoms with van der Waals surface area (Å²) in [5, 5.41) is 3.51. The van der Waals surface area contributed by atoms with Gasteiger partial charge in [0.25, 0.3) is 5.91 Å². The normalized spacial score (nSPS) is 15.2. The lowest BCUT2D eigenvalue weighted by molar-refractivity contribution is 0.0939. The lowest BCUT2D eigenvalue weighted by Crippen LogP contribution is -2.32. The van der Waals surface area contributed by atoms with Crippen LogP contribution in [0, 0.1) is 0 Å². The number of anilines is 1. The van der Waals surface area contributed by atoms with Gasteiger partial charge in [0.1, 0.15) is 0 Å². The molecule has 17 heavy (non-hydrogen) atoms. The molecule has 3 nitrogen and oxygen atoms in total. The van der Waals surface area contributed by atoms with Gasteiger partial charge in [-0.25, -0.2) is 0 Å². The number of benzene rings is 1. The molecule has 1 aliphatic carbocycles. The van der Waals surface area contributed by atoms with E-state index in [1.165, 1.54) is 12.1 Å². The van der Waals surface area contributed by atoms with Gasteiger partial charge in [-0.2, -0.15) is 0 Å². The topological polar surface area (TPSA) is 55.1 Å². The Morgan fingerprint density at radius 2 is 1.76 bits per heavy atom. The molecule has 0 aromatic heterocycles. The Morgan fingerprint density at radius 1 is 1.24 bits per heavy atom. The number of hydrogen-bond donors (Lipinski definition) is 2. The summed E-state index contributed by atoms with van der Waals surface area (Å²) < 4.78 is 0. The summed E-state index contributed by atoms with van der Waals surface area (Å²) in [5.41, 5.74) is 6.34. The van der Waals surface area contributed by atoms with Crippen molar-refractivity contribution in [2.75, 3.05) is 5.73 Å². The number of hydrogen-bond acceptors (Lipinski definition) is 2. The molecule has 90 valence electrons. The van der Waals surface area contributed by atoms with Gasteiger partial charge in [0.05, 0.1) is 15.7 Å². The van der Waals surface area contributed by atoms with Crippen LogP contribution in [0.3, 0.4) is 0 Å². The van der Waals surface area contributed by atoms with Crippen LogP contribution < -0.4 is 11.1 Å². The number of amides is 1. The fourth-order valence-corrected chi connectivity index (χ4v) is 2.21. The first-order valence-electron chi connectivity index (χ1n) is 5.28. The molecule has 1 aromatic carbocycles. The smallest absolute Gasteiger partial charge is 0.251 e. The van der Waals surface area contributed by atoms with Crippen molar-refractivity contribution in [1.82, 2.24) is 5.32 Å². The molecule has 0 bridgehead atoms. The highest BCUT2D eigenvalue weighted by atomic mass is 35.5. The lowest BCUT2D eigenvalue weighted by Gasteiger charge is -2.13. The Balaban J connectivity index is 2.13. The first-order chi connectivity index (χ1) is 8.08. The van der Waals surface area contributed by atoms with Gasteiger partial charge < -0.3 is 11.1 Å². The van der Waals surface area contributed by atoms with Gasteiger partial charge in [0.2, 0.25) is 0 Å². The standard InChI is InChI=1S/C12H12Cl2N2O/c13-9-5-7(6-10(14)11(9)15)12(17)16-8-3-1-2-4-8/h1-2,5-6,8H,3-4,15H2,(H,16,17). The molecule has 0 radical (unpaired) electrons. The minimum Gasteiger partial charge on any atom is -0.396 e. The number of halogens is 2. The number of nitrogen functional groups attached to an aromatic ring is 1. The minimum absolute atomic E-state index is 0.164. The third-order valence-electron chi connectivity index (χ3n) is 2.68. The van der Waals surface area contributed by atoms with Crippen molar-refractivity contribution in [3.63, 3.8) is 0 Å². The predicted molar refractivity (Wildman–Crippen MR) is 70.5 cm³/mol. The minimum atomic E-state index is -0.178. The van der Waals surface area contributed by atoms with Crippen molar-refractivity contribution in [3.8, 4) is 0 Å². The van der Waals surface area contributed by atoms with E-state index >= 15 is 0 Å². The monoisotopic (exact) mass is 270 g/mol. The molecule has 1 aliphatic rings. The summed E-state index contributed by atoms with van der Waals surface area (Å²) in [6.07, 6.45) is 5.83. The summed E-state index contributed by atoms with van der Waals surface area (Å²) in [6.45, 7) is 0. The zero-order valence-electron chi connectivity index (χ0n) is 9.04. The maximum absolute atomic E-state index is 11.9. The van der Waals surface area contributed by atoms with Crippen molar-refractivity contribution in [1.29, 1.82) is 0 Å². The van der Waals surface area contributed by atoms with E-state index in [2.05, 4.69) is 5.32 Å². The molecule has 0 unspecified atom stereocenters. The predicted octanol–water partition coefficient (Wildman–Crippen LogP) is 3.02. The van der Waals surface area contributed by atoms with Crippen LogP contribution in [0.2, 0.25) is 10.0 Å². The average Bonchev–Trinajstić information content (AvgIpc) is 2.77. The van der Waals surface area contributed by atoms with E-state index in [4.69, 9.17) is 28.9 Å². The first kappa shape index (κ1) is 12.3. The van der Waals surface area contributed by atoms with Gasteiger partial charge in [-0.3, -0.25) is 4.79 Å². The highest BCUT2D eigenvalue weighted by molar-refractivity contribution is 6.39. The van der Waals surface area contributed by atoms with Crippen LogP contribution in [0.1, 0.15) is 23.2 Å². The third-order valence-corrected chi connectivity index (χ3v) is 3.31. The summed E-state index contributed by atoms with van der Waals surface area (Å²) in [7, 11) is 0. The van der Waals surface area contributed by atoms with E-state index in [1.54, 1.807) is 0 Å². The number of carbonyl (C=O) groups excluding carboxylic acids is 1. The Labute approximate surface area is 110 Å². The number of rotatable bonds is 2. The summed E-state index contributed by atoms with van der Waals surface area (Å²) in [4.78, 5) is 11.9. The Kier molecular flexibility index (Phi) is 3.60. The molecule has 0 fully saturated rings. The summed E-state index contributed by atoms with van der Waals surface area (Å²) in [6, 6.07) is 3.22. The Hall–Kier alpha value is -1.19. The fraction of sp³-hybridized carbons (Fsp3) is 0.250. The maximum atomic E-state index is 11.9. The van der Waals surface area contributed by atoms with Gasteiger partial charge in [-0.1, -0.05) is 35.4 Å². The molecule has 0 saturated heterocycles. The van der Waals surface area contributed by atoms with Crippen LogP contribution in [0.25, 0.3) is 0 Å². The highest BCUT2D eigenvalue weighted by Gasteiger charge is 2.16. The first-order valence-corrected chi connectivity index (χ1v) is 6.04. The molecule has 5 heteroatoms. The van der Waals surface area contributed by atoms with E-state index in [9.17, 15) is 4.79 Å². The molecule has 0 atom stereocenters. The van der Waals surface area contributed by atoms with Crippen molar-refractivity contribution in [3.05, 3.63) is 39.9 Å². The van der Waals surface area contributed by atoms with Gasteiger partial charge in [0.15, 0.2) is 0 Å². The zero-order valence-corrected chi connectivity index (χ0v) is 10.6. The third kappa shape index (κ3) is 2.73. The van der Waals surface area contributed by atoms with Crippen LogP contribution >= 0.6 is 23.2 Å². The Morgan fingerprint density at radius 3 is 2.29 bits per heavy atom. The molecule has 1 amide bonds. The van der Waals surface area contributed by atoms with Crippen LogP contribution in [-0.4, -0.2) is 11.9 Å². The molecular formula is C12H12Cl2N2O. The van der Waals surface area contributed by atoms with E-state index in [-0.39, 0.29) is 11.9 Å². The van der Waals surface area contributed by atoms with E-state index in [0.29, 0.717) is 21.3 Å². The lowest BCUT2D eigenvalue weighted by atomic mass is 10.1. The largest absolute Gasteiger partial charge is 0.396 e. The molecule has 0 heterocycles. The van der Waals surface area contributed by atoms with E-state index in [0.717, 1.165) is 12.8 Å². The maximum Gasteiger partial charge on any atom is 0.251 e. The summed E-state index contributed by atoms with van der Waals surface area (Å²) >= 11 is 11.8. The van der Waals surface area contributed by atoms with E-state index in [1.807, 2.05) is 12.2 Å². The molecule has 3 N–H and O–H groups in total. The molecular weight excluding hydrogens is 259 g/mol. The Bertz CT molecular complexity index is 454. The van der Waals surface area contributed by atoms with Gasteiger partial charge in [0, 0.05) is 11.6 Å². The van der Waals surface area contributed by atoms with E-state index < -0.39 is 0 Å². The molecule has 0 spiro atoms. The van der Waals surface area contributed by atoms with Crippen LogP contribution in [0.15, 0.2) is 24.3 Å². The molecule has 2 rings (SSSR count). The second kappa shape index (κ2) is 4.98.